The standard InChI is InChI=1S/C27H34ClFN4O/c1-19(2)33-16-15-32(27(33)34)14-11-30-9-12-31(13-10-30)26-18-24(20-3-6-22(29)7-4-20)25-17-21(28)5-8-23(25)26/h3-8,17,19,24,26H,9-16,18H2,1-2H3/t24-,26+/m1/s1. The molecule has 34 heavy (non-hydrogen) atoms. The fourth-order valence-corrected chi connectivity index (χ4v) is 6.01. The van der Waals surface area contributed by atoms with Crippen LogP contribution in [0.15, 0.2) is 42.5 Å². The van der Waals surface area contributed by atoms with Gasteiger partial charge in [-0.05, 0) is 61.2 Å². The number of piperazine rings is 1. The topological polar surface area (TPSA) is 30.0 Å². The predicted octanol–water partition coefficient (Wildman–Crippen LogP) is 4.82. The minimum atomic E-state index is -0.201. The van der Waals surface area contributed by atoms with Crippen molar-refractivity contribution in [2.75, 3.05) is 52.4 Å². The molecule has 0 unspecified atom stereocenters. The van der Waals surface area contributed by atoms with E-state index in [4.69, 9.17) is 11.6 Å². The van der Waals surface area contributed by atoms with E-state index in [2.05, 4.69) is 35.8 Å². The van der Waals surface area contributed by atoms with Gasteiger partial charge < -0.3 is 9.80 Å². The van der Waals surface area contributed by atoms with Crippen molar-refractivity contribution in [2.24, 2.45) is 0 Å². The maximum atomic E-state index is 13.5. The summed E-state index contributed by atoms with van der Waals surface area (Å²) in [6, 6.07) is 14.0. The molecule has 182 valence electrons. The molecule has 2 atom stereocenters. The molecule has 0 spiro atoms. The molecule has 2 heterocycles. The number of nitrogens with zero attached hydrogens (tertiary/aromatic N) is 4. The molecule has 0 saturated carbocycles. The number of urea groups is 1. The highest BCUT2D eigenvalue weighted by atomic mass is 35.5. The van der Waals surface area contributed by atoms with Crippen LogP contribution in [0.2, 0.25) is 5.02 Å². The van der Waals surface area contributed by atoms with Crippen molar-refractivity contribution in [2.45, 2.75) is 38.3 Å². The number of fused-ring (bicyclic) bond motifs is 1. The van der Waals surface area contributed by atoms with Crippen LogP contribution in [0.4, 0.5) is 9.18 Å². The van der Waals surface area contributed by atoms with Crippen molar-refractivity contribution in [1.82, 2.24) is 19.6 Å². The van der Waals surface area contributed by atoms with Gasteiger partial charge in [-0.3, -0.25) is 9.80 Å². The van der Waals surface area contributed by atoms with E-state index in [-0.39, 0.29) is 23.8 Å². The molecule has 2 amide bonds. The largest absolute Gasteiger partial charge is 0.322 e. The summed E-state index contributed by atoms with van der Waals surface area (Å²) in [4.78, 5) is 21.6. The van der Waals surface area contributed by atoms with E-state index >= 15 is 0 Å². The molecular formula is C27H34ClFN4O. The first-order chi connectivity index (χ1) is 16.4. The molecule has 0 bridgehead atoms. The molecule has 0 radical (unpaired) electrons. The van der Waals surface area contributed by atoms with Crippen LogP contribution < -0.4 is 0 Å². The molecule has 0 aromatic heterocycles. The first kappa shape index (κ1) is 23.6. The van der Waals surface area contributed by atoms with Crippen LogP contribution in [0, 0.1) is 5.82 Å². The van der Waals surface area contributed by atoms with Crippen molar-refractivity contribution in [3.8, 4) is 0 Å². The van der Waals surface area contributed by atoms with Gasteiger partial charge in [0.1, 0.15) is 5.82 Å². The van der Waals surface area contributed by atoms with Gasteiger partial charge in [0.2, 0.25) is 0 Å². The van der Waals surface area contributed by atoms with Crippen molar-refractivity contribution in [3.05, 3.63) is 70.0 Å². The SMILES string of the molecule is CC(C)N1CCN(CCN2CCN([C@H]3C[C@H](c4ccc(F)cc4)c4cc(Cl)ccc43)CC2)C1=O. The maximum absolute atomic E-state index is 13.5. The lowest BCUT2D eigenvalue weighted by molar-refractivity contribution is 0.0900. The summed E-state index contributed by atoms with van der Waals surface area (Å²) in [5.41, 5.74) is 3.77. The van der Waals surface area contributed by atoms with Crippen molar-refractivity contribution >= 4 is 17.6 Å². The number of amides is 2. The monoisotopic (exact) mass is 484 g/mol. The van der Waals surface area contributed by atoms with E-state index in [1.807, 2.05) is 28.0 Å². The Morgan fingerprint density at radius 2 is 1.68 bits per heavy atom. The maximum Gasteiger partial charge on any atom is 0.320 e. The number of rotatable bonds is 6. The van der Waals surface area contributed by atoms with Gasteiger partial charge in [-0.2, -0.15) is 0 Å². The lowest BCUT2D eigenvalue weighted by Crippen LogP contribution is -2.49. The molecule has 5 nitrogen and oxygen atoms in total. The van der Waals surface area contributed by atoms with Crippen LogP contribution in [-0.2, 0) is 0 Å². The third-order valence-electron chi connectivity index (χ3n) is 7.80. The normalized spacial score (nSPS) is 23.9. The summed E-state index contributed by atoms with van der Waals surface area (Å²) in [5.74, 6) is 0.0377. The number of carbonyl (C=O) groups is 1. The minimum Gasteiger partial charge on any atom is -0.322 e. The van der Waals surface area contributed by atoms with E-state index < -0.39 is 0 Å². The third kappa shape index (κ3) is 4.68. The average Bonchev–Trinajstić information content (AvgIpc) is 3.39. The second-order valence-electron chi connectivity index (χ2n) is 10.1. The van der Waals surface area contributed by atoms with Crippen LogP contribution in [0.1, 0.15) is 48.9 Å². The zero-order valence-corrected chi connectivity index (χ0v) is 20.8. The fourth-order valence-electron chi connectivity index (χ4n) is 5.83. The van der Waals surface area contributed by atoms with Gasteiger partial charge in [-0.1, -0.05) is 29.8 Å². The molecular weight excluding hydrogens is 451 g/mol. The molecule has 2 saturated heterocycles. The second kappa shape index (κ2) is 9.84. The quantitative estimate of drug-likeness (QED) is 0.589. The van der Waals surface area contributed by atoms with Crippen LogP contribution in [-0.4, -0.2) is 84.0 Å². The van der Waals surface area contributed by atoms with Gasteiger partial charge in [-0.15, -0.1) is 0 Å². The highest BCUT2D eigenvalue weighted by molar-refractivity contribution is 6.30. The second-order valence-corrected chi connectivity index (χ2v) is 10.5. The lowest BCUT2D eigenvalue weighted by Gasteiger charge is -2.39. The number of hydrogen-bond donors (Lipinski definition) is 0. The van der Waals surface area contributed by atoms with E-state index in [9.17, 15) is 9.18 Å². The molecule has 2 aromatic carbocycles. The summed E-state index contributed by atoms with van der Waals surface area (Å²) in [5, 5.41) is 0.754. The van der Waals surface area contributed by atoms with E-state index in [1.54, 1.807) is 12.1 Å². The number of halogens is 2. The summed E-state index contributed by atoms with van der Waals surface area (Å²) in [7, 11) is 0. The van der Waals surface area contributed by atoms with Crippen molar-refractivity contribution in [3.63, 3.8) is 0 Å². The zero-order valence-electron chi connectivity index (χ0n) is 20.1. The molecule has 2 aromatic rings. The van der Waals surface area contributed by atoms with Gasteiger partial charge in [0.05, 0.1) is 0 Å². The van der Waals surface area contributed by atoms with Crippen LogP contribution >= 0.6 is 11.6 Å². The highest BCUT2D eigenvalue weighted by Crippen LogP contribution is 2.47. The number of benzene rings is 2. The molecule has 1 aliphatic carbocycles. The summed E-state index contributed by atoms with van der Waals surface area (Å²) in [6.45, 7) is 11.6. The van der Waals surface area contributed by atoms with Gasteiger partial charge >= 0.3 is 6.03 Å². The van der Waals surface area contributed by atoms with Crippen molar-refractivity contribution < 1.29 is 9.18 Å². The van der Waals surface area contributed by atoms with E-state index in [0.717, 1.165) is 69.4 Å². The number of hydrogen-bond acceptors (Lipinski definition) is 3. The molecule has 0 N–H and O–H groups in total. The van der Waals surface area contributed by atoms with Crippen molar-refractivity contribution in [1.29, 1.82) is 0 Å². The lowest BCUT2D eigenvalue weighted by atomic mass is 9.93. The Kier molecular flexibility index (Phi) is 6.83. The Morgan fingerprint density at radius 1 is 0.941 bits per heavy atom. The Bertz CT molecular complexity index is 1020. The summed E-state index contributed by atoms with van der Waals surface area (Å²) >= 11 is 6.37. The fraction of sp³-hybridized carbons (Fsp3) is 0.519. The first-order valence-electron chi connectivity index (χ1n) is 12.5. The minimum absolute atomic E-state index is 0.182. The number of carbonyl (C=O) groups excluding carboxylic acids is 1. The Balaban J connectivity index is 1.20. The smallest absolute Gasteiger partial charge is 0.320 e. The highest BCUT2D eigenvalue weighted by Gasteiger charge is 2.37. The van der Waals surface area contributed by atoms with Crippen LogP contribution in [0.3, 0.4) is 0 Å². The Hall–Kier alpha value is -2.15. The Morgan fingerprint density at radius 3 is 2.35 bits per heavy atom. The van der Waals surface area contributed by atoms with Crippen LogP contribution in [0.25, 0.3) is 0 Å². The first-order valence-corrected chi connectivity index (χ1v) is 12.9. The van der Waals surface area contributed by atoms with Gasteiger partial charge in [0.25, 0.3) is 0 Å². The average molecular weight is 485 g/mol. The zero-order chi connectivity index (χ0) is 23.8. The molecule has 3 aliphatic rings. The third-order valence-corrected chi connectivity index (χ3v) is 8.03. The molecule has 5 rings (SSSR count). The van der Waals surface area contributed by atoms with Crippen LogP contribution in [0.5, 0.6) is 0 Å². The van der Waals surface area contributed by atoms with Gasteiger partial charge in [0.15, 0.2) is 0 Å². The van der Waals surface area contributed by atoms with Gasteiger partial charge in [-0.25, -0.2) is 9.18 Å². The predicted molar refractivity (Wildman–Crippen MR) is 134 cm³/mol. The van der Waals surface area contributed by atoms with Gasteiger partial charge in [0, 0.05) is 75.4 Å². The van der Waals surface area contributed by atoms with E-state index in [1.165, 1.54) is 11.1 Å². The van der Waals surface area contributed by atoms with E-state index in [0.29, 0.717) is 6.04 Å². The molecule has 2 fully saturated rings. The molecule has 2 aliphatic heterocycles. The summed E-state index contributed by atoms with van der Waals surface area (Å²) < 4.78 is 13.5. The molecule has 7 heteroatoms. The Labute approximate surface area is 207 Å². The summed E-state index contributed by atoms with van der Waals surface area (Å²) in [6.07, 6.45) is 0.995.